The van der Waals surface area contributed by atoms with E-state index in [9.17, 15) is 20.2 Å². The molecule has 0 bridgehead atoms. The van der Waals surface area contributed by atoms with E-state index in [4.69, 9.17) is 0 Å². The lowest BCUT2D eigenvalue weighted by Crippen LogP contribution is -1.98. The summed E-state index contributed by atoms with van der Waals surface area (Å²) in [6, 6.07) is 11.3. The van der Waals surface area contributed by atoms with Gasteiger partial charge in [-0.1, -0.05) is 30.3 Å². The van der Waals surface area contributed by atoms with Crippen LogP contribution in [0.2, 0.25) is 0 Å². The summed E-state index contributed by atoms with van der Waals surface area (Å²) in [5.74, 6) is 0. The minimum Gasteiger partial charge on any atom is -0.272 e. The summed E-state index contributed by atoms with van der Waals surface area (Å²) in [4.78, 5) is 20.4. The Bertz CT molecular complexity index is 889. The second kappa shape index (κ2) is 6.29. The normalized spacial score (nSPS) is 12.8. The third kappa shape index (κ3) is 2.98. The van der Waals surface area contributed by atoms with Gasteiger partial charge in [0.05, 0.1) is 22.1 Å². The van der Waals surface area contributed by atoms with Crippen molar-refractivity contribution in [3.8, 4) is 0 Å². The zero-order valence-electron chi connectivity index (χ0n) is 12.4. The molecule has 3 rings (SSSR count). The van der Waals surface area contributed by atoms with Crippen LogP contribution in [-0.2, 0) is 6.42 Å². The third-order valence-electron chi connectivity index (χ3n) is 3.65. The number of hydrogen-bond donors (Lipinski definition) is 1. The van der Waals surface area contributed by atoms with Crippen LogP contribution in [0.1, 0.15) is 11.1 Å². The molecule has 0 unspecified atom stereocenters. The van der Waals surface area contributed by atoms with Crippen molar-refractivity contribution in [3.63, 3.8) is 0 Å². The number of rotatable bonds is 5. The van der Waals surface area contributed by atoms with Crippen LogP contribution in [0.25, 0.3) is 5.57 Å². The Morgan fingerprint density at radius 1 is 1.08 bits per heavy atom. The second-order valence-corrected chi connectivity index (χ2v) is 5.11. The molecular weight excluding hydrogens is 312 g/mol. The van der Waals surface area contributed by atoms with Gasteiger partial charge >= 0.3 is 5.69 Å². The number of nitrogens with one attached hydrogen (secondary N) is 1. The van der Waals surface area contributed by atoms with Gasteiger partial charge in [0.15, 0.2) is 0 Å². The molecule has 0 radical (unpaired) electrons. The van der Waals surface area contributed by atoms with Gasteiger partial charge in [-0.15, -0.1) is 0 Å². The molecule has 0 amide bonds. The van der Waals surface area contributed by atoms with E-state index in [0.29, 0.717) is 0 Å². The molecule has 120 valence electrons. The first-order valence-electron chi connectivity index (χ1n) is 7.06. The van der Waals surface area contributed by atoms with E-state index in [2.05, 4.69) is 10.5 Å². The molecule has 8 heteroatoms. The van der Waals surface area contributed by atoms with Crippen molar-refractivity contribution in [1.82, 2.24) is 0 Å². The Balaban J connectivity index is 1.80. The monoisotopic (exact) mass is 324 g/mol. The number of non-ortho nitro benzene ring substituents is 1. The first kappa shape index (κ1) is 15.3. The van der Waals surface area contributed by atoms with Crippen molar-refractivity contribution in [2.24, 2.45) is 5.10 Å². The Morgan fingerprint density at radius 2 is 1.88 bits per heavy atom. The van der Waals surface area contributed by atoms with E-state index in [1.54, 1.807) is 6.21 Å². The summed E-state index contributed by atoms with van der Waals surface area (Å²) in [7, 11) is 0. The van der Waals surface area contributed by atoms with Gasteiger partial charge in [0.2, 0.25) is 0 Å². The number of nitro benzene ring substituents is 2. The van der Waals surface area contributed by atoms with Gasteiger partial charge in [0, 0.05) is 6.07 Å². The van der Waals surface area contributed by atoms with E-state index in [1.165, 1.54) is 17.7 Å². The molecule has 0 fully saturated rings. The Morgan fingerprint density at radius 3 is 2.62 bits per heavy atom. The van der Waals surface area contributed by atoms with Crippen molar-refractivity contribution in [2.45, 2.75) is 6.42 Å². The molecule has 2 aromatic carbocycles. The van der Waals surface area contributed by atoms with Crippen molar-refractivity contribution in [1.29, 1.82) is 0 Å². The van der Waals surface area contributed by atoms with E-state index < -0.39 is 15.5 Å². The van der Waals surface area contributed by atoms with Crippen molar-refractivity contribution >= 4 is 28.8 Å². The molecule has 0 saturated heterocycles. The number of benzene rings is 2. The molecule has 1 aliphatic rings. The van der Waals surface area contributed by atoms with Crippen LogP contribution in [-0.4, -0.2) is 16.1 Å². The highest BCUT2D eigenvalue weighted by Gasteiger charge is 2.19. The molecule has 0 aromatic heterocycles. The van der Waals surface area contributed by atoms with E-state index in [-0.39, 0.29) is 11.4 Å². The van der Waals surface area contributed by atoms with Crippen molar-refractivity contribution in [3.05, 3.63) is 79.9 Å². The average Bonchev–Trinajstić information content (AvgIpc) is 2.98. The van der Waals surface area contributed by atoms with Crippen LogP contribution >= 0.6 is 0 Å². The molecule has 24 heavy (non-hydrogen) atoms. The summed E-state index contributed by atoms with van der Waals surface area (Å²) in [6.45, 7) is 0. The first-order chi connectivity index (χ1) is 11.6. The topological polar surface area (TPSA) is 111 Å². The van der Waals surface area contributed by atoms with Gasteiger partial charge in [-0.3, -0.25) is 25.7 Å². The Hall–Kier alpha value is -3.55. The highest BCUT2D eigenvalue weighted by atomic mass is 16.6. The summed E-state index contributed by atoms with van der Waals surface area (Å²) in [5, 5.41) is 25.8. The molecule has 1 N–H and O–H groups in total. The van der Waals surface area contributed by atoms with Gasteiger partial charge < -0.3 is 0 Å². The molecule has 0 spiro atoms. The predicted molar refractivity (Wildman–Crippen MR) is 90.0 cm³/mol. The highest BCUT2D eigenvalue weighted by Crippen LogP contribution is 2.29. The maximum atomic E-state index is 11.1. The lowest BCUT2D eigenvalue weighted by atomic mass is 10.1. The van der Waals surface area contributed by atoms with Gasteiger partial charge in [0.1, 0.15) is 5.69 Å². The number of hydrogen-bond acceptors (Lipinski definition) is 6. The number of nitrogens with zero attached hydrogens (tertiary/aromatic N) is 3. The van der Waals surface area contributed by atoms with Crippen LogP contribution < -0.4 is 5.43 Å². The zero-order valence-corrected chi connectivity index (χ0v) is 12.4. The van der Waals surface area contributed by atoms with Crippen LogP contribution in [0.3, 0.4) is 0 Å². The highest BCUT2D eigenvalue weighted by molar-refractivity contribution is 6.11. The Kier molecular flexibility index (Phi) is 4.02. The predicted octanol–water partition coefficient (Wildman–Crippen LogP) is 3.54. The van der Waals surface area contributed by atoms with E-state index >= 15 is 0 Å². The summed E-state index contributed by atoms with van der Waals surface area (Å²) < 4.78 is 0. The number of hydrazone groups is 1. The lowest BCUT2D eigenvalue weighted by molar-refractivity contribution is -0.393. The fraction of sp³-hybridized carbons (Fsp3) is 0.0625. The smallest absolute Gasteiger partial charge is 0.272 e. The Labute approximate surface area is 136 Å². The average molecular weight is 324 g/mol. The summed E-state index contributed by atoms with van der Waals surface area (Å²) in [6.07, 6.45) is 4.41. The lowest BCUT2D eigenvalue weighted by Gasteiger charge is -2.03. The molecular formula is C16H12N4O4. The first-order valence-corrected chi connectivity index (χ1v) is 7.06. The molecule has 0 heterocycles. The quantitative estimate of drug-likeness (QED) is 0.513. The van der Waals surface area contributed by atoms with Crippen LogP contribution in [0.5, 0.6) is 0 Å². The SMILES string of the molecule is O=[N+]([O-])c1ccc(NN=CC2=CCc3ccccc32)c([N+](=O)[O-])c1. The number of nitro groups is 2. The maximum absolute atomic E-state index is 11.1. The van der Waals surface area contributed by atoms with Crippen molar-refractivity contribution < 1.29 is 9.85 Å². The van der Waals surface area contributed by atoms with E-state index in [0.717, 1.165) is 23.6 Å². The minimum absolute atomic E-state index is 0.0914. The molecule has 8 nitrogen and oxygen atoms in total. The maximum Gasteiger partial charge on any atom is 0.301 e. The van der Waals surface area contributed by atoms with Gasteiger partial charge in [-0.25, -0.2) is 0 Å². The number of anilines is 1. The van der Waals surface area contributed by atoms with Gasteiger partial charge in [-0.2, -0.15) is 5.10 Å². The van der Waals surface area contributed by atoms with Crippen LogP contribution in [0.15, 0.2) is 53.6 Å². The van der Waals surface area contributed by atoms with Crippen LogP contribution in [0.4, 0.5) is 17.1 Å². The summed E-state index contributed by atoms with van der Waals surface area (Å²) >= 11 is 0. The molecule has 0 aliphatic heterocycles. The number of allylic oxidation sites excluding steroid dienone is 2. The van der Waals surface area contributed by atoms with E-state index in [1.807, 2.05) is 30.3 Å². The standard InChI is InChI=1S/C16H12N4O4/c21-19(22)13-7-8-15(16(9-13)20(23)24)18-17-10-12-6-5-11-3-1-2-4-14(11)12/h1-4,6-10,18H,5H2. The van der Waals surface area contributed by atoms with Crippen LogP contribution in [0, 0.1) is 20.2 Å². The molecule has 1 aliphatic carbocycles. The summed E-state index contributed by atoms with van der Waals surface area (Å²) in [5.41, 5.74) is 5.11. The third-order valence-corrected chi connectivity index (χ3v) is 3.65. The zero-order chi connectivity index (χ0) is 17.1. The largest absolute Gasteiger partial charge is 0.301 e. The fourth-order valence-corrected chi connectivity index (χ4v) is 2.48. The fourth-order valence-electron chi connectivity index (χ4n) is 2.48. The van der Waals surface area contributed by atoms with Crippen molar-refractivity contribution in [2.75, 3.05) is 5.43 Å². The molecule has 0 atom stereocenters. The van der Waals surface area contributed by atoms with Gasteiger partial charge in [0.25, 0.3) is 5.69 Å². The minimum atomic E-state index is -0.686. The molecule has 0 saturated carbocycles. The second-order valence-electron chi connectivity index (χ2n) is 5.11. The number of fused-ring (bicyclic) bond motifs is 1. The van der Waals surface area contributed by atoms with Gasteiger partial charge in [-0.05, 0) is 29.2 Å². The molecule has 2 aromatic rings.